The average molecular weight is 253 g/mol. The SMILES string of the molecule is C#CCC(C(=O)OC)(C(=O)OC)N1CCCCC1. The maximum Gasteiger partial charge on any atom is 0.339 e. The van der Waals surface area contributed by atoms with Gasteiger partial charge in [0.2, 0.25) is 5.54 Å². The average Bonchev–Trinajstić information content (AvgIpc) is 2.44. The molecule has 0 saturated carbocycles. The number of nitrogens with zero attached hydrogens (tertiary/aromatic N) is 1. The fourth-order valence-corrected chi connectivity index (χ4v) is 2.36. The summed E-state index contributed by atoms with van der Waals surface area (Å²) in [6, 6.07) is 0. The van der Waals surface area contributed by atoms with Crippen molar-refractivity contribution >= 4 is 11.9 Å². The predicted molar refractivity (Wildman–Crippen MR) is 65.6 cm³/mol. The van der Waals surface area contributed by atoms with Crippen molar-refractivity contribution in [1.82, 2.24) is 4.90 Å². The summed E-state index contributed by atoms with van der Waals surface area (Å²) < 4.78 is 9.53. The molecular formula is C13H19NO4. The van der Waals surface area contributed by atoms with Crippen LogP contribution in [0.2, 0.25) is 0 Å². The molecule has 1 aliphatic heterocycles. The van der Waals surface area contributed by atoms with Crippen LogP contribution in [0.3, 0.4) is 0 Å². The molecule has 1 saturated heterocycles. The monoisotopic (exact) mass is 253 g/mol. The summed E-state index contributed by atoms with van der Waals surface area (Å²) in [5.41, 5.74) is -1.49. The van der Waals surface area contributed by atoms with E-state index < -0.39 is 17.5 Å². The Morgan fingerprint density at radius 1 is 1.17 bits per heavy atom. The van der Waals surface area contributed by atoms with E-state index >= 15 is 0 Å². The van der Waals surface area contributed by atoms with E-state index in [1.165, 1.54) is 14.2 Å². The number of likely N-dealkylation sites (tertiary alicyclic amines) is 1. The summed E-state index contributed by atoms with van der Waals surface area (Å²) in [6.45, 7) is 1.29. The van der Waals surface area contributed by atoms with Crippen molar-refractivity contribution in [3.8, 4) is 12.3 Å². The van der Waals surface area contributed by atoms with Gasteiger partial charge < -0.3 is 9.47 Å². The number of carbonyl (C=O) groups is 2. The van der Waals surface area contributed by atoms with Crippen LogP contribution in [0.25, 0.3) is 0 Å². The highest BCUT2D eigenvalue weighted by atomic mass is 16.5. The molecule has 0 aromatic carbocycles. The standard InChI is InChI=1S/C13H19NO4/c1-4-8-13(11(15)17-2,12(16)18-3)14-9-6-5-7-10-14/h1H,5-10H2,2-3H3. The quantitative estimate of drug-likeness (QED) is 0.417. The Morgan fingerprint density at radius 3 is 2.06 bits per heavy atom. The second kappa shape index (κ2) is 6.41. The maximum absolute atomic E-state index is 12.1. The van der Waals surface area contributed by atoms with Gasteiger partial charge in [-0.2, -0.15) is 0 Å². The van der Waals surface area contributed by atoms with Gasteiger partial charge in [-0.25, -0.2) is 9.59 Å². The Labute approximate surface area is 107 Å². The summed E-state index contributed by atoms with van der Waals surface area (Å²) in [5, 5.41) is 0. The molecule has 0 bridgehead atoms. The van der Waals surface area contributed by atoms with E-state index in [0.717, 1.165) is 19.3 Å². The first-order valence-corrected chi connectivity index (χ1v) is 5.98. The molecule has 0 unspecified atom stereocenters. The lowest BCUT2D eigenvalue weighted by Gasteiger charge is -2.40. The summed E-state index contributed by atoms with van der Waals surface area (Å²) in [6.07, 6.45) is 8.23. The first-order chi connectivity index (χ1) is 8.63. The highest BCUT2D eigenvalue weighted by molar-refractivity contribution is 6.05. The van der Waals surface area contributed by atoms with Crippen molar-refractivity contribution in [3.63, 3.8) is 0 Å². The molecule has 0 radical (unpaired) electrons. The molecule has 1 fully saturated rings. The van der Waals surface area contributed by atoms with E-state index in [4.69, 9.17) is 15.9 Å². The molecule has 5 nitrogen and oxygen atoms in total. The topological polar surface area (TPSA) is 55.8 Å². The van der Waals surface area contributed by atoms with E-state index in [1.54, 1.807) is 4.90 Å². The van der Waals surface area contributed by atoms with Crippen molar-refractivity contribution in [1.29, 1.82) is 0 Å². The fourth-order valence-electron chi connectivity index (χ4n) is 2.36. The number of rotatable bonds is 4. The fraction of sp³-hybridized carbons (Fsp3) is 0.692. The summed E-state index contributed by atoms with van der Waals surface area (Å²) in [4.78, 5) is 25.9. The van der Waals surface area contributed by atoms with E-state index in [2.05, 4.69) is 5.92 Å². The van der Waals surface area contributed by atoms with Crippen molar-refractivity contribution in [3.05, 3.63) is 0 Å². The van der Waals surface area contributed by atoms with Gasteiger partial charge in [0.15, 0.2) is 0 Å². The van der Waals surface area contributed by atoms with Crippen molar-refractivity contribution in [2.24, 2.45) is 0 Å². The Hall–Kier alpha value is -1.54. The number of piperidine rings is 1. The Balaban J connectivity index is 3.14. The highest BCUT2D eigenvalue weighted by Crippen LogP contribution is 2.27. The zero-order valence-electron chi connectivity index (χ0n) is 10.9. The Morgan fingerprint density at radius 2 is 1.67 bits per heavy atom. The van der Waals surface area contributed by atoms with Gasteiger partial charge in [0.1, 0.15) is 0 Å². The molecular weight excluding hydrogens is 234 g/mol. The van der Waals surface area contributed by atoms with E-state index in [1.807, 2.05) is 0 Å². The minimum absolute atomic E-state index is 0.0354. The largest absolute Gasteiger partial charge is 0.467 e. The van der Waals surface area contributed by atoms with Gasteiger partial charge in [0.25, 0.3) is 0 Å². The lowest BCUT2D eigenvalue weighted by atomic mass is 9.90. The molecule has 0 amide bonds. The maximum atomic E-state index is 12.1. The van der Waals surface area contributed by atoms with Gasteiger partial charge in [-0.3, -0.25) is 4.90 Å². The second-order valence-electron chi connectivity index (χ2n) is 4.27. The number of hydrogen-bond donors (Lipinski definition) is 0. The van der Waals surface area contributed by atoms with Crippen LogP contribution in [0.4, 0.5) is 0 Å². The molecule has 1 rings (SSSR count). The molecule has 0 aliphatic carbocycles. The van der Waals surface area contributed by atoms with Crippen molar-refractivity contribution < 1.29 is 19.1 Å². The predicted octanol–water partition coefficient (Wildman–Crippen LogP) is 0.580. The van der Waals surface area contributed by atoms with Crippen LogP contribution in [0.15, 0.2) is 0 Å². The summed E-state index contributed by atoms with van der Waals surface area (Å²) in [5.74, 6) is 1.10. The second-order valence-corrected chi connectivity index (χ2v) is 4.27. The molecule has 5 heteroatoms. The molecule has 1 aliphatic rings. The van der Waals surface area contributed by atoms with Crippen LogP contribution in [0.5, 0.6) is 0 Å². The van der Waals surface area contributed by atoms with Gasteiger partial charge in [-0.15, -0.1) is 12.3 Å². The lowest BCUT2D eigenvalue weighted by Crippen LogP contribution is -2.62. The molecule has 18 heavy (non-hydrogen) atoms. The molecule has 100 valence electrons. The first kappa shape index (κ1) is 14.5. The van der Waals surface area contributed by atoms with Crippen LogP contribution in [0.1, 0.15) is 25.7 Å². The number of carbonyl (C=O) groups excluding carboxylic acids is 2. The minimum Gasteiger partial charge on any atom is -0.467 e. The smallest absolute Gasteiger partial charge is 0.339 e. The third-order valence-corrected chi connectivity index (χ3v) is 3.30. The Bertz CT molecular complexity index is 336. The van der Waals surface area contributed by atoms with Crippen LogP contribution in [0, 0.1) is 12.3 Å². The normalized spacial score (nSPS) is 16.7. The first-order valence-electron chi connectivity index (χ1n) is 5.98. The van der Waals surface area contributed by atoms with Crippen LogP contribution < -0.4 is 0 Å². The molecule has 0 spiro atoms. The third-order valence-electron chi connectivity index (χ3n) is 3.30. The third kappa shape index (κ3) is 2.49. The number of terminal acetylenes is 1. The van der Waals surface area contributed by atoms with Gasteiger partial charge in [0.05, 0.1) is 14.2 Å². The Kier molecular flexibility index (Phi) is 5.17. The van der Waals surface area contributed by atoms with Crippen LogP contribution in [-0.2, 0) is 19.1 Å². The van der Waals surface area contributed by atoms with E-state index in [0.29, 0.717) is 13.1 Å². The molecule has 0 aromatic rings. The van der Waals surface area contributed by atoms with E-state index in [9.17, 15) is 9.59 Å². The van der Waals surface area contributed by atoms with Gasteiger partial charge in [-0.05, 0) is 25.9 Å². The van der Waals surface area contributed by atoms with Crippen LogP contribution >= 0.6 is 0 Å². The lowest BCUT2D eigenvalue weighted by molar-refractivity contribution is -0.173. The molecule has 0 aromatic heterocycles. The van der Waals surface area contributed by atoms with Crippen LogP contribution in [-0.4, -0.2) is 49.7 Å². The van der Waals surface area contributed by atoms with Gasteiger partial charge in [-0.1, -0.05) is 6.42 Å². The highest BCUT2D eigenvalue weighted by Gasteiger charge is 2.53. The number of esters is 2. The van der Waals surface area contributed by atoms with Gasteiger partial charge >= 0.3 is 11.9 Å². The van der Waals surface area contributed by atoms with Crippen molar-refractivity contribution in [2.45, 2.75) is 31.2 Å². The van der Waals surface area contributed by atoms with Crippen molar-refractivity contribution in [2.75, 3.05) is 27.3 Å². The number of hydrogen-bond acceptors (Lipinski definition) is 5. The molecule has 0 N–H and O–H groups in total. The van der Waals surface area contributed by atoms with Gasteiger partial charge in [0, 0.05) is 6.42 Å². The summed E-state index contributed by atoms with van der Waals surface area (Å²) >= 11 is 0. The number of methoxy groups -OCH3 is 2. The van der Waals surface area contributed by atoms with E-state index in [-0.39, 0.29) is 6.42 Å². The zero-order chi connectivity index (χ0) is 13.6. The zero-order valence-corrected chi connectivity index (χ0v) is 10.9. The summed E-state index contributed by atoms with van der Waals surface area (Å²) in [7, 11) is 2.50. The number of ether oxygens (including phenoxy) is 2. The minimum atomic E-state index is -1.49. The molecule has 0 atom stereocenters. The molecule has 1 heterocycles.